The Labute approximate surface area is 180 Å². The van der Waals surface area contributed by atoms with Gasteiger partial charge >= 0.3 is 12.0 Å². The Kier molecular flexibility index (Phi) is 6.19. The first-order chi connectivity index (χ1) is 14.8. The number of aromatic carboxylic acids is 1. The highest BCUT2D eigenvalue weighted by molar-refractivity contribution is 6.07. The Morgan fingerprint density at radius 1 is 1.13 bits per heavy atom. The zero-order chi connectivity index (χ0) is 22.8. The van der Waals surface area contributed by atoms with E-state index in [9.17, 15) is 14.4 Å². The predicted molar refractivity (Wildman–Crippen MR) is 114 cm³/mol. The minimum absolute atomic E-state index is 0.124. The summed E-state index contributed by atoms with van der Waals surface area (Å²) in [6.45, 7) is 5.62. The van der Waals surface area contributed by atoms with Gasteiger partial charge in [-0.1, -0.05) is 13.8 Å². The number of carbonyl (C=O) groups excluding carboxylic acids is 2. The Morgan fingerprint density at radius 2 is 1.77 bits per heavy atom. The summed E-state index contributed by atoms with van der Waals surface area (Å²) in [5.74, 6) is -0.267. The van der Waals surface area contributed by atoms with Crippen LogP contribution in [0.4, 0.5) is 10.5 Å². The average Bonchev–Trinajstić information content (AvgIpc) is 2.75. The van der Waals surface area contributed by atoms with E-state index in [0.717, 1.165) is 10.5 Å². The molecular formula is C23H26N2O6. The van der Waals surface area contributed by atoms with E-state index in [1.54, 1.807) is 25.3 Å². The van der Waals surface area contributed by atoms with Crippen molar-refractivity contribution in [2.45, 2.75) is 39.8 Å². The zero-order valence-corrected chi connectivity index (χ0v) is 18.0. The van der Waals surface area contributed by atoms with E-state index >= 15 is 0 Å². The Hall–Kier alpha value is -3.55. The molecule has 2 aromatic rings. The number of hydrogen-bond donors (Lipinski definition) is 2. The van der Waals surface area contributed by atoms with Crippen LogP contribution in [-0.2, 0) is 4.79 Å². The van der Waals surface area contributed by atoms with Crippen molar-refractivity contribution >= 4 is 23.6 Å². The maximum atomic E-state index is 13.0. The molecule has 0 bridgehead atoms. The van der Waals surface area contributed by atoms with Gasteiger partial charge in [0.1, 0.15) is 16.9 Å². The van der Waals surface area contributed by atoms with Crippen LogP contribution < -0.4 is 14.8 Å². The minimum atomic E-state index is -1.04. The highest BCUT2D eigenvalue weighted by Gasteiger charge is 2.62. The van der Waals surface area contributed by atoms with E-state index in [1.807, 2.05) is 20.8 Å². The van der Waals surface area contributed by atoms with Gasteiger partial charge in [-0.2, -0.15) is 0 Å². The minimum Gasteiger partial charge on any atom is -0.496 e. The van der Waals surface area contributed by atoms with E-state index in [1.165, 1.54) is 24.3 Å². The predicted octanol–water partition coefficient (Wildman–Crippen LogP) is 4.29. The average molecular weight is 426 g/mol. The molecule has 3 rings (SSSR count). The third kappa shape index (κ3) is 3.93. The van der Waals surface area contributed by atoms with Crippen molar-refractivity contribution in [1.29, 1.82) is 0 Å². The van der Waals surface area contributed by atoms with Crippen LogP contribution in [0.5, 0.6) is 11.5 Å². The first kappa shape index (κ1) is 22.1. The molecule has 1 fully saturated rings. The second-order valence-corrected chi connectivity index (χ2v) is 7.45. The number of carbonyl (C=O) groups is 3. The fourth-order valence-corrected chi connectivity index (χ4v) is 3.84. The number of nitrogens with one attached hydrogen (secondary N) is 1. The van der Waals surface area contributed by atoms with Gasteiger partial charge in [-0.05, 0) is 67.8 Å². The van der Waals surface area contributed by atoms with Crippen molar-refractivity contribution in [2.24, 2.45) is 5.41 Å². The van der Waals surface area contributed by atoms with Crippen LogP contribution in [0.25, 0.3) is 0 Å². The van der Waals surface area contributed by atoms with Crippen LogP contribution in [0.1, 0.15) is 42.6 Å². The molecule has 0 aliphatic carbocycles. The highest BCUT2D eigenvalue weighted by atomic mass is 16.5. The molecule has 0 aromatic heterocycles. The second kappa shape index (κ2) is 8.67. The van der Waals surface area contributed by atoms with Gasteiger partial charge in [-0.15, -0.1) is 0 Å². The molecule has 1 saturated heterocycles. The molecule has 0 radical (unpaired) electrons. The number of methoxy groups -OCH3 is 1. The van der Waals surface area contributed by atoms with Gasteiger partial charge in [0.2, 0.25) is 5.91 Å². The van der Waals surface area contributed by atoms with Gasteiger partial charge in [0.25, 0.3) is 0 Å². The summed E-state index contributed by atoms with van der Waals surface area (Å²) >= 11 is 0. The van der Waals surface area contributed by atoms with E-state index in [-0.39, 0.29) is 11.5 Å². The monoisotopic (exact) mass is 426 g/mol. The molecule has 1 aliphatic rings. The van der Waals surface area contributed by atoms with Gasteiger partial charge in [0.15, 0.2) is 6.23 Å². The standard InChI is InChI=1S/C23H26N2O6/c1-5-23(6-2)20(28)25(21(23)31-17-10-7-15(8-11-17)19(26)27)22(29)24-16-9-12-18(30-4)14(3)13-16/h7-13,21H,5-6H2,1-4H3,(H,24,29)(H,26,27). The van der Waals surface area contributed by atoms with Gasteiger partial charge in [0.05, 0.1) is 12.7 Å². The lowest BCUT2D eigenvalue weighted by Crippen LogP contribution is -2.73. The van der Waals surface area contributed by atoms with Crippen LogP contribution in [-0.4, -0.2) is 41.3 Å². The number of carboxylic acid groups (broad SMARTS) is 1. The molecule has 1 unspecified atom stereocenters. The lowest BCUT2D eigenvalue weighted by Gasteiger charge is -2.53. The maximum absolute atomic E-state index is 13.0. The maximum Gasteiger partial charge on any atom is 0.335 e. The lowest BCUT2D eigenvalue weighted by atomic mass is 9.72. The number of urea groups is 1. The van der Waals surface area contributed by atoms with Crippen molar-refractivity contribution in [3.05, 3.63) is 53.6 Å². The van der Waals surface area contributed by atoms with Crippen molar-refractivity contribution in [2.75, 3.05) is 12.4 Å². The number of β-lactam (4-membered cyclic amide) rings is 1. The van der Waals surface area contributed by atoms with E-state index < -0.39 is 23.6 Å². The number of anilines is 1. The lowest BCUT2D eigenvalue weighted by molar-refractivity contribution is -0.190. The fraction of sp³-hybridized carbons (Fsp3) is 0.348. The van der Waals surface area contributed by atoms with Gasteiger partial charge in [-0.25, -0.2) is 14.5 Å². The largest absolute Gasteiger partial charge is 0.496 e. The van der Waals surface area contributed by atoms with E-state index in [0.29, 0.717) is 30.0 Å². The summed E-state index contributed by atoms with van der Waals surface area (Å²) in [7, 11) is 1.57. The molecule has 2 N–H and O–H groups in total. The number of likely N-dealkylation sites (tertiary alicyclic amines) is 1. The molecule has 0 spiro atoms. The first-order valence-electron chi connectivity index (χ1n) is 10.1. The quantitative estimate of drug-likeness (QED) is 0.640. The van der Waals surface area contributed by atoms with Gasteiger partial charge in [0, 0.05) is 5.69 Å². The number of ether oxygens (including phenoxy) is 2. The Morgan fingerprint density at radius 3 is 2.29 bits per heavy atom. The number of hydrogen-bond acceptors (Lipinski definition) is 5. The normalized spacial score (nSPS) is 17.0. The fourth-order valence-electron chi connectivity index (χ4n) is 3.84. The Bertz CT molecular complexity index is 998. The third-order valence-corrected chi connectivity index (χ3v) is 5.83. The molecule has 0 saturated carbocycles. The number of rotatable bonds is 7. The van der Waals surface area contributed by atoms with Crippen molar-refractivity contribution < 1.29 is 29.0 Å². The number of amides is 3. The summed E-state index contributed by atoms with van der Waals surface area (Å²) < 4.78 is 11.2. The molecule has 1 atom stereocenters. The summed E-state index contributed by atoms with van der Waals surface area (Å²) in [5, 5.41) is 11.8. The van der Waals surface area contributed by atoms with Crippen molar-refractivity contribution in [3.8, 4) is 11.5 Å². The molecule has 1 aliphatic heterocycles. The number of benzene rings is 2. The Balaban J connectivity index is 1.83. The molecule has 1 heterocycles. The second-order valence-electron chi connectivity index (χ2n) is 7.45. The summed E-state index contributed by atoms with van der Waals surface area (Å²) in [5.41, 5.74) is 0.682. The molecule has 8 heteroatoms. The smallest absolute Gasteiger partial charge is 0.335 e. The summed E-state index contributed by atoms with van der Waals surface area (Å²) in [6.07, 6.45) is 0.210. The van der Waals surface area contributed by atoms with Crippen LogP contribution in [0, 0.1) is 12.3 Å². The van der Waals surface area contributed by atoms with Gasteiger partial charge in [-0.3, -0.25) is 4.79 Å². The number of nitrogens with zero attached hydrogens (tertiary/aromatic N) is 1. The highest BCUT2D eigenvalue weighted by Crippen LogP contribution is 2.46. The topological polar surface area (TPSA) is 105 Å². The van der Waals surface area contributed by atoms with Crippen LogP contribution in [0.15, 0.2) is 42.5 Å². The molecule has 31 heavy (non-hydrogen) atoms. The number of aryl methyl sites for hydroxylation is 1. The summed E-state index contributed by atoms with van der Waals surface area (Å²) in [4.78, 5) is 38.1. The zero-order valence-electron chi connectivity index (χ0n) is 18.0. The molecular weight excluding hydrogens is 400 g/mol. The molecule has 8 nitrogen and oxygen atoms in total. The van der Waals surface area contributed by atoms with Crippen molar-refractivity contribution in [1.82, 2.24) is 4.90 Å². The molecule has 3 amide bonds. The number of imide groups is 1. The molecule has 164 valence electrons. The SMILES string of the molecule is CCC1(CC)C(=O)N(C(=O)Nc2ccc(OC)c(C)c2)C1Oc1ccc(C(=O)O)cc1. The third-order valence-electron chi connectivity index (χ3n) is 5.83. The van der Waals surface area contributed by atoms with Crippen LogP contribution in [0.3, 0.4) is 0 Å². The summed E-state index contributed by atoms with van der Waals surface area (Å²) in [6, 6.07) is 10.5. The van der Waals surface area contributed by atoms with E-state index in [2.05, 4.69) is 5.32 Å². The molecule has 2 aromatic carbocycles. The van der Waals surface area contributed by atoms with Crippen molar-refractivity contribution in [3.63, 3.8) is 0 Å². The van der Waals surface area contributed by atoms with Crippen LogP contribution in [0.2, 0.25) is 0 Å². The van der Waals surface area contributed by atoms with Crippen LogP contribution >= 0.6 is 0 Å². The van der Waals surface area contributed by atoms with E-state index in [4.69, 9.17) is 14.6 Å². The first-order valence-corrected chi connectivity index (χ1v) is 10.1. The number of carboxylic acids is 1. The van der Waals surface area contributed by atoms with Gasteiger partial charge < -0.3 is 19.9 Å².